The lowest BCUT2D eigenvalue weighted by molar-refractivity contribution is -0.141. The van der Waals surface area contributed by atoms with Gasteiger partial charge in [-0.1, -0.05) is 6.92 Å². The topological polar surface area (TPSA) is 99.9 Å². The number of fused-ring (bicyclic) bond motifs is 1. The van der Waals surface area contributed by atoms with E-state index < -0.39 is 21.7 Å². The Kier molecular flexibility index (Phi) is 5.56. The van der Waals surface area contributed by atoms with Crippen molar-refractivity contribution >= 4 is 20.9 Å². The van der Waals surface area contributed by atoms with E-state index in [1.54, 1.807) is 19.2 Å². The molecule has 33 heavy (non-hydrogen) atoms. The second-order valence-corrected chi connectivity index (χ2v) is 9.35. The van der Waals surface area contributed by atoms with Crippen molar-refractivity contribution in [2.45, 2.75) is 18.0 Å². The second kappa shape index (κ2) is 8.10. The normalized spacial score (nSPS) is 12.3. The molecule has 0 aliphatic rings. The highest BCUT2D eigenvalue weighted by Crippen LogP contribution is 2.34. The standard InChI is InChI=1S/C21H18F3N5O3S/c1-4-33(30,31)17-7-12(14-8-13(32-3)5-6-25-14)10-27-19(17)20-28-15-9-18(21(22,23)24)26-11-16(15)29(20)2/h5-11H,4H2,1-3H3. The maximum Gasteiger partial charge on any atom is 0.433 e. The number of nitrogens with zero attached hydrogens (tertiary/aromatic N) is 5. The summed E-state index contributed by atoms with van der Waals surface area (Å²) in [6.45, 7) is 1.49. The molecule has 0 aliphatic carbocycles. The van der Waals surface area contributed by atoms with E-state index in [1.165, 1.54) is 37.1 Å². The summed E-state index contributed by atoms with van der Waals surface area (Å²) in [6.07, 6.45) is -0.624. The first-order chi connectivity index (χ1) is 15.5. The van der Waals surface area contributed by atoms with Crippen molar-refractivity contribution in [3.8, 4) is 28.5 Å². The number of imidazole rings is 1. The molecule has 4 aromatic heterocycles. The Balaban J connectivity index is 1.93. The van der Waals surface area contributed by atoms with Crippen molar-refractivity contribution in [1.82, 2.24) is 24.5 Å². The summed E-state index contributed by atoms with van der Waals surface area (Å²) in [5, 5.41) is 0. The molecule has 0 fully saturated rings. The molecule has 0 saturated carbocycles. The third kappa shape index (κ3) is 4.13. The zero-order chi connectivity index (χ0) is 24.0. The van der Waals surface area contributed by atoms with Gasteiger partial charge in [-0.3, -0.25) is 9.97 Å². The molecule has 0 N–H and O–H groups in total. The van der Waals surface area contributed by atoms with Gasteiger partial charge in [0.05, 0.1) is 40.7 Å². The highest BCUT2D eigenvalue weighted by Gasteiger charge is 2.33. The van der Waals surface area contributed by atoms with E-state index in [-0.39, 0.29) is 27.7 Å². The van der Waals surface area contributed by atoms with Crippen LogP contribution in [0.25, 0.3) is 33.8 Å². The third-order valence-electron chi connectivity index (χ3n) is 5.10. The molecule has 4 aromatic rings. The second-order valence-electron chi connectivity index (χ2n) is 7.11. The number of rotatable bonds is 5. The minimum Gasteiger partial charge on any atom is -0.497 e. The molecular formula is C21H18F3N5O3S. The van der Waals surface area contributed by atoms with E-state index in [4.69, 9.17) is 4.74 Å². The van der Waals surface area contributed by atoms with E-state index >= 15 is 0 Å². The highest BCUT2D eigenvalue weighted by molar-refractivity contribution is 7.91. The van der Waals surface area contributed by atoms with Crippen LogP contribution < -0.4 is 4.74 Å². The molecule has 0 unspecified atom stereocenters. The Morgan fingerprint density at radius 1 is 1.09 bits per heavy atom. The monoisotopic (exact) mass is 477 g/mol. The maximum atomic E-state index is 13.1. The lowest BCUT2D eigenvalue weighted by Crippen LogP contribution is -2.09. The van der Waals surface area contributed by atoms with Crippen LogP contribution in [-0.2, 0) is 23.1 Å². The molecular weight excluding hydrogens is 459 g/mol. The van der Waals surface area contributed by atoms with Gasteiger partial charge in [0.25, 0.3) is 0 Å². The number of pyridine rings is 3. The highest BCUT2D eigenvalue weighted by atomic mass is 32.2. The summed E-state index contributed by atoms with van der Waals surface area (Å²) in [4.78, 5) is 16.2. The Bertz CT molecular complexity index is 1470. The number of methoxy groups -OCH3 is 1. The average Bonchev–Trinajstić information content (AvgIpc) is 3.14. The molecule has 0 aliphatic heterocycles. The van der Waals surface area contributed by atoms with E-state index in [2.05, 4.69) is 19.9 Å². The number of ether oxygens (including phenoxy) is 1. The van der Waals surface area contributed by atoms with Crippen molar-refractivity contribution < 1.29 is 26.3 Å². The molecule has 0 radical (unpaired) electrons. The summed E-state index contributed by atoms with van der Waals surface area (Å²) in [5.41, 5.74) is 0.145. The van der Waals surface area contributed by atoms with Crippen LogP contribution in [0.5, 0.6) is 5.75 Å². The quantitative estimate of drug-likeness (QED) is 0.430. The van der Waals surface area contributed by atoms with E-state index in [0.29, 0.717) is 22.5 Å². The molecule has 172 valence electrons. The molecule has 0 amide bonds. The third-order valence-corrected chi connectivity index (χ3v) is 6.84. The Hall–Kier alpha value is -3.54. The Labute approximate surface area is 187 Å². The zero-order valence-electron chi connectivity index (χ0n) is 17.8. The largest absolute Gasteiger partial charge is 0.497 e. The van der Waals surface area contributed by atoms with Gasteiger partial charge in [-0.15, -0.1) is 0 Å². The number of hydrogen-bond donors (Lipinski definition) is 0. The van der Waals surface area contributed by atoms with Crippen LogP contribution >= 0.6 is 0 Å². The van der Waals surface area contributed by atoms with Gasteiger partial charge in [-0.25, -0.2) is 18.4 Å². The maximum absolute atomic E-state index is 13.1. The van der Waals surface area contributed by atoms with E-state index in [9.17, 15) is 21.6 Å². The van der Waals surface area contributed by atoms with Crippen molar-refractivity contribution in [3.63, 3.8) is 0 Å². The van der Waals surface area contributed by atoms with Crippen LogP contribution in [0.3, 0.4) is 0 Å². The molecule has 0 bridgehead atoms. The lowest BCUT2D eigenvalue weighted by Gasteiger charge is -2.11. The number of aryl methyl sites for hydroxylation is 1. The fourth-order valence-corrected chi connectivity index (χ4v) is 4.35. The summed E-state index contributed by atoms with van der Waals surface area (Å²) < 4.78 is 71.7. The first kappa shape index (κ1) is 22.6. The first-order valence-corrected chi connectivity index (χ1v) is 11.3. The van der Waals surface area contributed by atoms with Crippen molar-refractivity contribution in [3.05, 3.63) is 48.5 Å². The van der Waals surface area contributed by atoms with Gasteiger partial charge in [0, 0.05) is 31.1 Å². The van der Waals surface area contributed by atoms with E-state index in [1.807, 2.05) is 0 Å². The number of hydrogen-bond acceptors (Lipinski definition) is 7. The smallest absolute Gasteiger partial charge is 0.433 e. The van der Waals surface area contributed by atoms with Gasteiger partial charge in [0.1, 0.15) is 17.1 Å². The van der Waals surface area contributed by atoms with Crippen LogP contribution in [0, 0.1) is 0 Å². The minimum absolute atomic E-state index is 0.0232. The molecule has 0 spiro atoms. The van der Waals surface area contributed by atoms with Gasteiger partial charge in [0.2, 0.25) is 0 Å². The van der Waals surface area contributed by atoms with Gasteiger partial charge in [0.15, 0.2) is 15.7 Å². The number of aromatic nitrogens is 5. The van der Waals surface area contributed by atoms with Crippen LogP contribution in [0.15, 0.2) is 47.8 Å². The van der Waals surface area contributed by atoms with Crippen molar-refractivity contribution in [2.24, 2.45) is 7.05 Å². The van der Waals surface area contributed by atoms with Crippen LogP contribution in [0.2, 0.25) is 0 Å². The molecule has 0 saturated heterocycles. The number of halogens is 3. The van der Waals surface area contributed by atoms with Crippen LogP contribution in [0.1, 0.15) is 12.6 Å². The molecule has 4 rings (SSSR count). The fraction of sp³-hybridized carbons (Fsp3) is 0.238. The molecule has 0 aromatic carbocycles. The summed E-state index contributed by atoms with van der Waals surface area (Å²) in [7, 11) is -0.724. The number of sulfone groups is 1. The predicted octanol–water partition coefficient (Wildman–Crippen LogP) is 3.91. The van der Waals surface area contributed by atoms with Gasteiger partial charge in [-0.05, 0) is 18.2 Å². The lowest BCUT2D eigenvalue weighted by atomic mass is 10.1. The van der Waals surface area contributed by atoms with E-state index in [0.717, 1.165) is 12.3 Å². The molecule has 4 heterocycles. The zero-order valence-corrected chi connectivity index (χ0v) is 18.6. The SMILES string of the molecule is CCS(=O)(=O)c1cc(-c2cc(OC)ccn2)cnc1-c1nc2cc(C(F)(F)F)ncc2n1C. The summed E-state index contributed by atoms with van der Waals surface area (Å²) in [5.74, 6) is 0.427. The van der Waals surface area contributed by atoms with Crippen molar-refractivity contribution in [1.29, 1.82) is 0 Å². The van der Waals surface area contributed by atoms with Gasteiger partial charge in [-0.2, -0.15) is 13.2 Å². The van der Waals surface area contributed by atoms with Crippen LogP contribution in [0.4, 0.5) is 13.2 Å². The van der Waals surface area contributed by atoms with Gasteiger partial charge < -0.3 is 9.30 Å². The molecule has 0 atom stereocenters. The fourth-order valence-electron chi connectivity index (χ4n) is 3.30. The summed E-state index contributed by atoms with van der Waals surface area (Å²) in [6, 6.07) is 5.54. The Morgan fingerprint density at radius 2 is 1.85 bits per heavy atom. The molecule has 12 heteroatoms. The van der Waals surface area contributed by atoms with Crippen molar-refractivity contribution in [2.75, 3.05) is 12.9 Å². The Morgan fingerprint density at radius 3 is 2.52 bits per heavy atom. The summed E-state index contributed by atoms with van der Waals surface area (Å²) >= 11 is 0. The minimum atomic E-state index is -4.63. The predicted molar refractivity (Wildman–Crippen MR) is 114 cm³/mol. The van der Waals surface area contributed by atoms with Crippen LogP contribution in [-0.4, -0.2) is 45.8 Å². The van der Waals surface area contributed by atoms with Gasteiger partial charge >= 0.3 is 6.18 Å². The average molecular weight is 477 g/mol. The first-order valence-electron chi connectivity index (χ1n) is 9.68. The number of alkyl halides is 3. The molecule has 8 nitrogen and oxygen atoms in total.